The highest BCUT2D eigenvalue weighted by Crippen LogP contribution is 2.21. The van der Waals surface area contributed by atoms with E-state index in [0.29, 0.717) is 18.7 Å². The molecular weight excluding hydrogens is 242 g/mol. The Kier molecular flexibility index (Phi) is 5.48. The number of hydrogen-bond acceptors (Lipinski definition) is 4. The Morgan fingerprint density at radius 1 is 1.42 bits per heavy atom. The first-order valence-electron chi connectivity index (χ1n) is 6.54. The van der Waals surface area contributed by atoms with Crippen molar-refractivity contribution in [2.45, 2.75) is 46.1 Å². The third-order valence-corrected chi connectivity index (χ3v) is 2.96. The molecule has 19 heavy (non-hydrogen) atoms. The summed E-state index contributed by atoms with van der Waals surface area (Å²) in [4.78, 5) is 11.5. The van der Waals surface area contributed by atoms with Gasteiger partial charge in [0.15, 0.2) is 5.82 Å². The molecule has 0 aliphatic heterocycles. The molecule has 0 aliphatic carbocycles. The molecule has 0 aromatic carbocycles. The van der Waals surface area contributed by atoms with E-state index in [4.69, 9.17) is 0 Å². The Hall–Kier alpha value is -1.91. The minimum Gasteiger partial charge on any atom is -0.478 e. The van der Waals surface area contributed by atoms with Crippen molar-refractivity contribution in [2.24, 2.45) is 0 Å². The van der Waals surface area contributed by atoms with E-state index in [1.807, 2.05) is 20.8 Å². The van der Waals surface area contributed by atoms with Crippen molar-refractivity contribution < 1.29 is 9.90 Å². The minimum absolute atomic E-state index is 0.0714. The van der Waals surface area contributed by atoms with Gasteiger partial charge in [0.1, 0.15) is 5.56 Å². The van der Waals surface area contributed by atoms with Crippen molar-refractivity contribution in [3.8, 4) is 0 Å². The quantitative estimate of drug-likeness (QED) is 0.740. The molecule has 0 saturated heterocycles. The average molecular weight is 263 g/mol. The average Bonchev–Trinajstić information content (AvgIpc) is 2.37. The second-order valence-corrected chi connectivity index (χ2v) is 4.43. The van der Waals surface area contributed by atoms with E-state index in [-0.39, 0.29) is 11.6 Å². The summed E-state index contributed by atoms with van der Waals surface area (Å²) in [5.74, 6) is -0.620. The van der Waals surface area contributed by atoms with E-state index in [2.05, 4.69) is 22.1 Å². The first-order chi connectivity index (χ1) is 9.04. The zero-order valence-corrected chi connectivity index (χ0v) is 11.7. The molecule has 104 valence electrons. The summed E-state index contributed by atoms with van der Waals surface area (Å²) in [6.07, 6.45) is 3.83. The molecule has 1 heterocycles. The normalized spacial score (nSPS) is 11.9. The zero-order chi connectivity index (χ0) is 14.4. The highest BCUT2D eigenvalue weighted by molar-refractivity contribution is 5.95. The summed E-state index contributed by atoms with van der Waals surface area (Å²) < 4.78 is 0. The lowest BCUT2D eigenvalue weighted by Gasteiger charge is -2.17. The van der Waals surface area contributed by atoms with Crippen LogP contribution in [0.3, 0.4) is 0 Å². The standard InChI is InChI=1S/C14H21N3O2/c1-5-8-9(4)15-13-12(14(18)19)10(6-2)11(7-3)16-17-13/h5,9H,1,6-8H2,2-4H3,(H,15,17)(H,18,19). The molecule has 1 aromatic heterocycles. The number of carboxylic acids is 1. The van der Waals surface area contributed by atoms with Crippen molar-refractivity contribution in [3.63, 3.8) is 0 Å². The Labute approximate surface area is 113 Å². The van der Waals surface area contributed by atoms with Crippen LogP contribution in [-0.2, 0) is 12.8 Å². The first-order valence-corrected chi connectivity index (χ1v) is 6.54. The van der Waals surface area contributed by atoms with Gasteiger partial charge in [0.05, 0.1) is 5.69 Å². The van der Waals surface area contributed by atoms with Crippen LogP contribution < -0.4 is 5.32 Å². The maximum Gasteiger partial charge on any atom is 0.339 e. The van der Waals surface area contributed by atoms with Crippen LogP contribution in [0.2, 0.25) is 0 Å². The second kappa shape index (κ2) is 6.87. The van der Waals surface area contributed by atoms with Gasteiger partial charge in [0.2, 0.25) is 0 Å². The summed E-state index contributed by atoms with van der Waals surface area (Å²) in [7, 11) is 0. The fraction of sp³-hybridized carbons (Fsp3) is 0.500. The third kappa shape index (κ3) is 3.53. The Balaban J connectivity index is 3.24. The number of aromatic carboxylic acids is 1. The molecule has 1 rings (SSSR count). The monoisotopic (exact) mass is 263 g/mol. The van der Waals surface area contributed by atoms with Crippen molar-refractivity contribution >= 4 is 11.8 Å². The summed E-state index contributed by atoms with van der Waals surface area (Å²) in [5.41, 5.74) is 1.75. The van der Waals surface area contributed by atoms with Gasteiger partial charge >= 0.3 is 5.97 Å². The van der Waals surface area contributed by atoms with Gasteiger partial charge < -0.3 is 10.4 Å². The Morgan fingerprint density at radius 3 is 2.58 bits per heavy atom. The van der Waals surface area contributed by atoms with Crippen molar-refractivity contribution in [3.05, 3.63) is 29.5 Å². The lowest BCUT2D eigenvalue weighted by atomic mass is 10.0. The van der Waals surface area contributed by atoms with Gasteiger partial charge in [-0.1, -0.05) is 19.9 Å². The molecule has 0 amide bonds. The van der Waals surface area contributed by atoms with Crippen LogP contribution in [0.15, 0.2) is 12.7 Å². The SMILES string of the molecule is C=CCC(C)Nc1nnc(CC)c(CC)c1C(=O)O. The predicted molar refractivity (Wildman–Crippen MR) is 75.6 cm³/mol. The number of aryl methyl sites for hydroxylation is 1. The number of hydrogen-bond donors (Lipinski definition) is 2. The largest absolute Gasteiger partial charge is 0.478 e. The van der Waals surface area contributed by atoms with E-state index >= 15 is 0 Å². The van der Waals surface area contributed by atoms with Crippen LogP contribution in [-0.4, -0.2) is 27.3 Å². The smallest absolute Gasteiger partial charge is 0.339 e. The number of carboxylic acid groups (broad SMARTS) is 1. The molecule has 0 saturated carbocycles. The summed E-state index contributed by atoms with van der Waals surface area (Å²) in [6, 6.07) is 0.0714. The number of nitrogens with zero attached hydrogens (tertiary/aromatic N) is 2. The predicted octanol–water partition coefficient (Wildman–Crippen LogP) is 2.68. The third-order valence-electron chi connectivity index (χ3n) is 2.96. The Morgan fingerprint density at radius 2 is 2.11 bits per heavy atom. The molecule has 5 heteroatoms. The molecule has 0 bridgehead atoms. The molecule has 0 fully saturated rings. The van der Waals surface area contributed by atoms with Crippen molar-refractivity contribution in [2.75, 3.05) is 5.32 Å². The molecule has 5 nitrogen and oxygen atoms in total. The molecule has 1 atom stereocenters. The fourth-order valence-corrected chi connectivity index (χ4v) is 2.05. The molecular formula is C14H21N3O2. The number of aromatic nitrogens is 2. The lowest BCUT2D eigenvalue weighted by molar-refractivity contribution is 0.0696. The van der Waals surface area contributed by atoms with Gasteiger partial charge in [-0.15, -0.1) is 11.7 Å². The van der Waals surface area contributed by atoms with Crippen LogP contribution in [0.4, 0.5) is 5.82 Å². The second-order valence-electron chi connectivity index (χ2n) is 4.43. The van der Waals surface area contributed by atoms with E-state index in [0.717, 1.165) is 17.7 Å². The number of anilines is 1. The summed E-state index contributed by atoms with van der Waals surface area (Å²) >= 11 is 0. The van der Waals surface area contributed by atoms with Gasteiger partial charge in [-0.3, -0.25) is 0 Å². The number of carbonyl (C=O) groups is 1. The van der Waals surface area contributed by atoms with Crippen molar-refractivity contribution in [1.29, 1.82) is 0 Å². The highest BCUT2D eigenvalue weighted by Gasteiger charge is 2.20. The van der Waals surface area contributed by atoms with E-state index < -0.39 is 5.97 Å². The van der Waals surface area contributed by atoms with Crippen LogP contribution >= 0.6 is 0 Å². The van der Waals surface area contributed by atoms with Gasteiger partial charge in [-0.05, 0) is 31.7 Å². The topological polar surface area (TPSA) is 75.1 Å². The van der Waals surface area contributed by atoms with E-state index in [1.165, 1.54) is 0 Å². The summed E-state index contributed by atoms with van der Waals surface area (Å²) in [5, 5.41) is 20.7. The van der Waals surface area contributed by atoms with Crippen LogP contribution in [0, 0.1) is 0 Å². The van der Waals surface area contributed by atoms with Gasteiger partial charge in [0.25, 0.3) is 0 Å². The maximum absolute atomic E-state index is 11.5. The molecule has 0 radical (unpaired) electrons. The van der Waals surface area contributed by atoms with Crippen LogP contribution in [0.25, 0.3) is 0 Å². The number of nitrogens with one attached hydrogen (secondary N) is 1. The highest BCUT2D eigenvalue weighted by atomic mass is 16.4. The minimum atomic E-state index is -0.963. The maximum atomic E-state index is 11.5. The van der Waals surface area contributed by atoms with Gasteiger partial charge in [-0.25, -0.2) is 4.79 Å². The number of rotatable bonds is 7. The van der Waals surface area contributed by atoms with Crippen LogP contribution in [0.5, 0.6) is 0 Å². The molecule has 1 aromatic rings. The molecule has 0 spiro atoms. The molecule has 2 N–H and O–H groups in total. The van der Waals surface area contributed by atoms with Gasteiger partial charge in [-0.2, -0.15) is 5.10 Å². The first kappa shape index (κ1) is 15.1. The lowest BCUT2D eigenvalue weighted by Crippen LogP contribution is -2.20. The molecule has 1 unspecified atom stereocenters. The zero-order valence-electron chi connectivity index (χ0n) is 11.7. The van der Waals surface area contributed by atoms with E-state index in [9.17, 15) is 9.90 Å². The summed E-state index contributed by atoms with van der Waals surface area (Å²) in [6.45, 7) is 9.50. The fourth-order valence-electron chi connectivity index (χ4n) is 2.05. The van der Waals surface area contributed by atoms with Crippen LogP contribution in [0.1, 0.15) is 48.8 Å². The Bertz CT molecular complexity index is 472. The molecule has 0 aliphatic rings. The van der Waals surface area contributed by atoms with Gasteiger partial charge in [0, 0.05) is 6.04 Å². The van der Waals surface area contributed by atoms with E-state index in [1.54, 1.807) is 6.08 Å². The van der Waals surface area contributed by atoms with Crippen molar-refractivity contribution in [1.82, 2.24) is 10.2 Å².